The third kappa shape index (κ3) is 5.11. The van der Waals surface area contributed by atoms with Gasteiger partial charge in [-0.2, -0.15) is 5.26 Å². The number of nitrogens with zero attached hydrogens (tertiary/aromatic N) is 1. The molecule has 0 saturated heterocycles. The topological polar surface area (TPSA) is 73.1 Å². The lowest BCUT2D eigenvalue weighted by atomic mass is 9.88. The maximum Gasteiger partial charge on any atom is 0.251 e. The highest BCUT2D eigenvalue weighted by molar-refractivity contribution is 5.94. The van der Waals surface area contributed by atoms with Gasteiger partial charge < -0.3 is 10.4 Å². The summed E-state index contributed by atoms with van der Waals surface area (Å²) in [6, 6.07) is 8.65. The molecule has 19 heavy (non-hydrogen) atoms. The van der Waals surface area contributed by atoms with Gasteiger partial charge in [0.05, 0.1) is 11.6 Å². The van der Waals surface area contributed by atoms with Crippen molar-refractivity contribution in [1.82, 2.24) is 5.32 Å². The third-order valence-corrected chi connectivity index (χ3v) is 2.99. The summed E-state index contributed by atoms with van der Waals surface area (Å²) in [6.07, 6.45) is 1.58. The summed E-state index contributed by atoms with van der Waals surface area (Å²) in [4.78, 5) is 12.0. The molecule has 2 N–H and O–H groups in total. The Balaban J connectivity index is 2.58. The van der Waals surface area contributed by atoms with Gasteiger partial charge in [0.1, 0.15) is 0 Å². The number of nitrogens with one attached hydrogen (secondary N) is 1. The van der Waals surface area contributed by atoms with Crippen LogP contribution in [0.4, 0.5) is 0 Å². The Kier molecular flexibility index (Phi) is 5.53. The summed E-state index contributed by atoms with van der Waals surface area (Å²) < 4.78 is 0. The Hall–Kier alpha value is -1.86. The van der Waals surface area contributed by atoms with Crippen LogP contribution in [0.3, 0.4) is 0 Å². The van der Waals surface area contributed by atoms with Crippen LogP contribution in [-0.4, -0.2) is 24.2 Å². The van der Waals surface area contributed by atoms with Gasteiger partial charge in [0.15, 0.2) is 0 Å². The fraction of sp³-hybridized carbons (Fsp3) is 0.467. The first-order valence-corrected chi connectivity index (χ1v) is 6.38. The van der Waals surface area contributed by atoms with Crippen molar-refractivity contribution in [1.29, 1.82) is 5.26 Å². The van der Waals surface area contributed by atoms with E-state index in [0.29, 0.717) is 17.7 Å². The number of rotatable bonds is 6. The highest BCUT2D eigenvalue weighted by Crippen LogP contribution is 2.20. The molecule has 0 unspecified atom stereocenters. The van der Waals surface area contributed by atoms with Crippen LogP contribution in [-0.2, 0) is 0 Å². The zero-order valence-corrected chi connectivity index (χ0v) is 11.4. The molecule has 1 rings (SSSR count). The van der Waals surface area contributed by atoms with E-state index >= 15 is 0 Å². The number of aliphatic hydroxyl groups is 1. The van der Waals surface area contributed by atoms with E-state index in [0.717, 1.165) is 12.8 Å². The minimum absolute atomic E-state index is 0.0504. The average molecular weight is 260 g/mol. The number of carbonyl (C=O) groups excluding carboxylic acids is 1. The Morgan fingerprint density at radius 3 is 2.84 bits per heavy atom. The first kappa shape index (κ1) is 15.2. The number of benzene rings is 1. The second kappa shape index (κ2) is 6.91. The molecule has 0 saturated carbocycles. The Bertz CT molecular complexity index is 475. The lowest BCUT2D eigenvalue weighted by Crippen LogP contribution is -2.34. The third-order valence-electron chi connectivity index (χ3n) is 2.99. The Morgan fingerprint density at radius 1 is 1.47 bits per heavy atom. The maximum atomic E-state index is 12.0. The molecule has 0 atom stereocenters. The molecule has 102 valence electrons. The molecule has 0 aliphatic heterocycles. The zero-order valence-electron chi connectivity index (χ0n) is 11.4. The van der Waals surface area contributed by atoms with E-state index in [9.17, 15) is 4.79 Å². The standard InChI is InChI=1S/C15H20N2O2/c1-15(2,7-4-8-18)11-17-14(19)13-6-3-5-12(9-13)10-16/h3,5-6,9,18H,4,7-8,11H2,1-2H3,(H,17,19). The highest BCUT2D eigenvalue weighted by atomic mass is 16.2. The summed E-state index contributed by atoms with van der Waals surface area (Å²) in [5.74, 6) is -0.172. The molecule has 1 amide bonds. The number of nitriles is 1. The molecule has 0 heterocycles. The fourth-order valence-electron chi connectivity index (χ4n) is 1.80. The fourth-order valence-corrected chi connectivity index (χ4v) is 1.80. The molecule has 4 heteroatoms. The maximum absolute atomic E-state index is 12.0. The molecule has 0 spiro atoms. The van der Waals surface area contributed by atoms with E-state index < -0.39 is 0 Å². The van der Waals surface area contributed by atoms with Crippen LogP contribution >= 0.6 is 0 Å². The summed E-state index contributed by atoms with van der Waals surface area (Å²) in [5.41, 5.74) is 0.926. The van der Waals surface area contributed by atoms with Crippen molar-refractivity contribution in [2.45, 2.75) is 26.7 Å². The second-order valence-corrected chi connectivity index (χ2v) is 5.37. The SMILES string of the molecule is CC(C)(CCCO)CNC(=O)c1cccc(C#N)c1. The quantitative estimate of drug-likeness (QED) is 0.822. The molecule has 0 aliphatic rings. The average Bonchev–Trinajstić information content (AvgIpc) is 2.43. The lowest BCUT2D eigenvalue weighted by molar-refractivity contribution is 0.0933. The van der Waals surface area contributed by atoms with Crippen LogP contribution in [0.5, 0.6) is 0 Å². The van der Waals surface area contributed by atoms with Crippen molar-refractivity contribution >= 4 is 5.91 Å². The lowest BCUT2D eigenvalue weighted by Gasteiger charge is -2.24. The smallest absolute Gasteiger partial charge is 0.251 e. The monoisotopic (exact) mass is 260 g/mol. The molecular weight excluding hydrogens is 240 g/mol. The van der Waals surface area contributed by atoms with Crippen molar-refractivity contribution in [2.24, 2.45) is 5.41 Å². The van der Waals surface area contributed by atoms with Gasteiger partial charge >= 0.3 is 0 Å². The van der Waals surface area contributed by atoms with Gasteiger partial charge in [-0.25, -0.2) is 0 Å². The first-order valence-electron chi connectivity index (χ1n) is 6.38. The molecule has 0 aliphatic carbocycles. The Labute approximate surface area is 114 Å². The minimum atomic E-state index is -0.172. The van der Waals surface area contributed by atoms with E-state index in [1.54, 1.807) is 24.3 Å². The van der Waals surface area contributed by atoms with Crippen LogP contribution in [0.15, 0.2) is 24.3 Å². The number of hydrogen-bond donors (Lipinski definition) is 2. The first-order chi connectivity index (χ1) is 8.98. The van der Waals surface area contributed by atoms with Gasteiger partial charge in [0, 0.05) is 18.7 Å². The summed E-state index contributed by atoms with van der Waals surface area (Å²) >= 11 is 0. The predicted molar refractivity (Wildman–Crippen MR) is 73.6 cm³/mol. The van der Waals surface area contributed by atoms with Gasteiger partial charge in [-0.3, -0.25) is 4.79 Å². The molecule has 4 nitrogen and oxygen atoms in total. The van der Waals surface area contributed by atoms with Crippen LogP contribution in [0.1, 0.15) is 42.6 Å². The number of carbonyl (C=O) groups is 1. The summed E-state index contributed by atoms with van der Waals surface area (Å²) in [6.45, 7) is 4.81. The molecule has 0 bridgehead atoms. The largest absolute Gasteiger partial charge is 0.396 e. The van der Waals surface area contributed by atoms with E-state index in [2.05, 4.69) is 19.2 Å². The number of aliphatic hydroxyl groups excluding tert-OH is 1. The number of hydrogen-bond acceptors (Lipinski definition) is 3. The van der Waals surface area contributed by atoms with Gasteiger partial charge in [-0.1, -0.05) is 19.9 Å². The van der Waals surface area contributed by atoms with Gasteiger partial charge in [0.25, 0.3) is 5.91 Å². The molecular formula is C15H20N2O2. The Morgan fingerprint density at radius 2 is 2.21 bits per heavy atom. The van der Waals surface area contributed by atoms with Crippen LogP contribution < -0.4 is 5.32 Å². The van der Waals surface area contributed by atoms with Crippen LogP contribution in [0.2, 0.25) is 0 Å². The molecule has 1 aromatic rings. The normalized spacial score (nSPS) is 10.8. The predicted octanol–water partition coefficient (Wildman–Crippen LogP) is 2.09. The highest BCUT2D eigenvalue weighted by Gasteiger charge is 2.18. The summed E-state index contributed by atoms with van der Waals surface area (Å²) in [5, 5.41) is 20.5. The van der Waals surface area contributed by atoms with Crippen LogP contribution in [0.25, 0.3) is 0 Å². The molecule has 0 radical (unpaired) electrons. The van der Waals surface area contributed by atoms with Crippen molar-refractivity contribution in [2.75, 3.05) is 13.2 Å². The van der Waals surface area contributed by atoms with Crippen LogP contribution in [0, 0.1) is 16.7 Å². The molecule has 0 aromatic heterocycles. The van der Waals surface area contributed by atoms with Crippen molar-refractivity contribution in [3.8, 4) is 6.07 Å². The molecule has 1 aromatic carbocycles. The zero-order chi connectivity index (χ0) is 14.3. The van der Waals surface area contributed by atoms with Gasteiger partial charge in [0.2, 0.25) is 0 Å². The van der Waals surface area contributed by atoms with E-state index in [1.165, 1.54) is 0 Å². The molecule has 0 fully saturated rings. The van der Waals surface area contributed by atoms with Crippen molar-refractivity contribution in [3.05, 3.63) is 35.4 Å². The van der Waals surface area contributed by atoms with Gasteiger partial charge in [-0.05, 0) is 36.5 Å². The van der Waals surface area contributed by atoms with Crippen molar-refractivity contribution < 1.29 is 9.90 Å². The second-order valence-electron chi connectivity index (χ2n) is 5.37. The van der Waals surface area contributed by atoms with Gasteiger partial charge in [-0.15, -0.1) is 0 Å². The minimum Gasteiger partial charge on any atom is -0.396 e. The van der Waals surface area contributed by atoms with E-state index in [1.807, 2.05) is 6.07 Å². The number of amides is 1. The van der Waals surface area contributed by atoms with E-state index in [4.69, 9.17) is 10.4 Å². The van der Waals surface area contributed by atoms with Crippen molar-refractivity contribution in [3.63, 3.8) is 0 Å². The summed E-state index contributed by atoms with van der Waals surface area (Å²) in [7, 11) is 0. The van der Waals surface area contributed by atoms with E-state index in [-0.39, 0.29) is 17.9 Å².